The molecule has 0 saturated carbocycles. The van der Waals surface area contributed by atoms with Crippen LogP contribution in [0.5, 0.6) is 5.75 Å². The van der Waals surface area contributed by atoms with Crippen molar-refractivity contribution in [1.29, 1.82) is 5.26 Å². The Morgan fingerprint density at radius 2 is 1.91 bits per heavy atom. The van der Waals surface area contributed by atoms with E-state index in [0.29, 0.717) is 24.2 Å². The first-order valence-electron chi connectivity index (χ1n) is 7.14. The van der Waals surface area contributed by atoms with Crippen LogP contribution in [-0.2, 0) is 0 Å². The van der Waals surface area contributed by atoms with Crippen molar-refractivity contribution in [1.82, 2.24) is 4.57 Å². The molecule has 0 bridgehead atoms. The van der Waals surface area contributed by atoms with E-state index in [4.69, 9.17) is 10.00 Å². The minimum Gasteiger partial charge on any atom is -0.493 e. The number of benzene rings is 2. The molecule has 1 N–H and O–H groups in total. The number of hydrogen-bond donors (Lipinski definition) is 1. The van der Waals surface area contributed by atoms with Gasteiger partial charge in [0.1, 0.15) is 12.4 Å². The number of para-hydroxylation sites is 1. The average Bonchev–Trinajstić information content (AvgIpc) is 2.96. The molecule has 0 fully saturated rings. The van der Waals surface area contributed by atoms with Crippen molar-refractivity contribution in [2.45, 2.75) is 6.42 Å². The summed E-state index contributed by atoms with van der Waals surface area (Å²) in [4.78, 5) is 11.4. The number of ether oxygens (including phenoxy) is 1. The monoisotopic (exact) mass is 306 g/mol. The third-order valence-electron chi connectivity index (χ3n) is 3.54. The summed E-state index contributed by atoms with van der Waals surface area (Å²) in [5.74, 6) is -0.268. The molecule has 0 amide bonds. The first-order chi connectivity index (χ1) is 11.2. The van der Waals surface area contributed by atoms with Crippen molar-refractivity contribution < 1.29 is 14.6 Å². The number of nitriles is 1. The Labute approximate surface area is 133 Å². The normalized spacial score (nSPS) is 10.4. The van der Waals surface area contributed by atoms with Crippen LogP contribution in [-0.4, -0.2) is 22.2 Å². The summed E-state index contributed by atoms with van der Waals surface area (Å²) in [5.41, 5.74) is 1.96. The SMILES string of the molecule is N#CCCOc1ccc(-n2cc(C(=O)O)c3ccccc32)cc1. The van der Waals surface area contributed by atoms with Crippen LogP contribution in [0.4, 0.5) is 0 Å². The van der Waals surface area contributed by atoms with E-state index in [-0.39, 0.29) is 5.56 Å². The zero-order valence-corrected chi connectivity index (χ0v) is 12.3. The quantitative estimate of drug-likeness (QED) is 0.730. The predicted molar refractivity (Wildman–Crippen MR) is 86.0 cm³/mol. The Balaban J connectivity index is 1.97. The largest absolute Gasteiger partial charge is 0.493 e. The smallest absolute Gasteiger partial charge is 0.337 e. The summed E-state index contributed by atoms with van der Waals surface area (Å²) < 4.78 is 7.29. The Morgan fingerprint density at radius 3 is 2.61 bits per heavy atom. The summed E-state index contributed by atoms with van der Waals surface area (Å²) in [6, 6.07) is 16.8. The minimum absolute atomic E-state index is 0.273. The molecule has 0 aliphatic rings. The van der Waals surface area contributed by atoms with E-state index in [1.165, 1.54) is 0 Å². The molecule has 5 nitrogen and oxygen atoms in total. The van der Waals surface area contributed by atoms with Crippen molar-refractivity contribution in [3.8, 4) is 17.5 Å². The number of fused-ring (bicyclic) bond motifs is 1. The topological polar surface area (TPSA) is 75.2 Å². The van der Waals surface area contributed by atoms with Crippen LogP contribution >= 0.6 is 0 Å². The van der Waals surface area contributed by atoms with Gasteiger partial charge in [0.15, 0.2) is 0 Å². The van der Waals surface area contributed by atoms with Gasteiger partial charge in [0.05, 0.1) is 23.6 Å². The second-order valence-corrected chi connectivity index (χ2v) is 4.99. The first-order valence-corrected chi connectivity index (χ1v) is 7.14. The molecule has 1 aromatic heterocycles. The summed E-state index contributed by atoms with van der Waals surface area (Å²) in [6.45, 7) is 0.353. The number of aromatic carboxylic acids is 1. The highest BCUT2D eigenvalue weighted by molar-refractivity contribution is 6.04. The number of aromatic nitrogens is 1. The lowest BCUT2D eigenvalue weighted by Crippen LogP contribution is -1.97. The average molecular weight is 306 g/mol. The molecule has 0 radical (unpaired) electrons. The second-order valence-electron chi connectivity index (χ2n) is 4.99. The number of nitrogens with zero attached hydrogens (tertiary/aromatic N) is 2. The van der Waals surface area contributed by atoms with E-state index >= 15 is 0 Å². The molecule has 5 heteroatoms. The lowest BCUT2D eigenvalue weighted by molar-refractivity contribution is 0.0699. The van der Waals surface area contributed by atoms with Crippen molar-refractivity contribution in [2.24, 2.45) is 0 Å². The number of carboxylic acid groups (broad SMARTS) is 1. The van der Waals surface area contributed by atoms with E-state index in [2.05, 4.69) is 0 Å². The van der Waals surface area contributed by atoms with E-state index < -0.39 is 5.97 Å². The summed E-state index contributed by atoms with van der Waals surface area (Å²) in [7, 11) is 0. The predicted octanol–water partition coefficient (Wildman–Crippen LogP) is 3.62. The van der Waals surface area contributed by atoms with Gasteiger partial charge in [-0.3, -0.25) is 0 Å². The minimum atomic E-state index is -0.948. The van der Waals surface area contributed by atoms with Gasteiger partial charge in [-0.05, 0) is 30.3 Å². The number of rotatable bonds is 5. The lowest BCUT2D eigenvalue weighted by atomic mass is 10.2. The maximum absolute atomic E-state index is 11.4. The van der Waals surface area contributed by atoms with Crippen LogP contribution in [0, 0.1) is 11.3 Å². The zero-order chi connectivity index (χ0) is 16.2. The molecule has 0 aliphatic carbocycles. The highest BCUT2D eigenvalue weighted by Crippen LogP contribution is 2.26. The van der Waals surface area contributed by atoms with Gasteiger partial charge in [-0.1, -0.05) is 18.2 Å². The van der Waals surface area contributed by atoms with Gasteiger partial charge in [-0.2, -0.15) is 5.26 Å². The lowest BCUT2D eigenvalue weighted by Gasteiger charge is -2.07. The molecule has 2 aromatic carbocycles. The highest BCUT2D eigenvalue weighted by Gasteiger charge is 2.14. The molecule has 0 spiro atoms. The molecular formula is C18H14N2O3. The summed E-state index contributed by atoms with van der Waals surface area (Å²) >= 11 is 0. The molecule has 3 aromatic rings. The fourth-order valence-electron chi connectivity index (χ4n) is 2.48. The third-order valence-corrected chi connectivity index (χ3v) is 3.54. The number of hydrogen-bond acceptors (Lipinski definition) is 3. The number of carboxylic acids is 1. The standard InChI is InChI=1S/C18H14N2O3/c19-10-3-11-23-14-8-6-13(7-9-14)20-12-16(18(21)22)15-4-1-2-5-17(15)20/h1-2,4-9,12H,3,11H2,(H,21,22). The maximum Gasteiger partial charge on any atom is 0.337 e. The molecule has 0 unspecified atom stereocenters. The fourth-order valence-corrected chi connectivity index (χ4v) is 2.48. The van der Waals surface area contributed by atoms with Gasteiger partial charge < -0.3 is 14.4 Å². The zero-order valence-electron chi connectivity index (χ0n) is 12.3. The maximum atomic E-state index is 11.4. The Bertz CT molecular complexity index is 889. The first kappa shape index (κ1) is 14.7. The van der Waals surface area contributed by atoms with Crippen LogP contribution in [0.3, 0.4) is 0 Å². The molecule has 3 rings (SSSR count). The second kappa shape index (κ2) is 6.24. The molecule has 1 heterocycles. The van der Waals surface area contributed by atoms with E-state index in [1.807, 2.05) is 53.1 Å². The van der Waals surface area contributed by atoms with Gasteiger partial charge in [-0.25, -0.2) is 4.79 Å². The van der Waals surface area contributed by atoms with Crippen molar-refractivity contribution in [2.75, 3.05) is 6.61 Å². The van der Waals surface area contributed by atoms with Gasteiger partial charge in [0, 0.05) is 17.3 Å². The number of carbonyl (C=O) groups is 1. The van der Waals surface area contributed by atoms with Crippen molar-refractivity contribution >= 4 is 16.9 Å². The van der Waals surface area contributed by atoms with E-state index in [0.717, 1.165) is 11.2 Å². The van der Waals surface area contributed by atoms with E-state index in [9.17, 15) is 9.90 Å². The Hall–Kier alpha value is -3.26. The van der Waals surface area contributed by atoms with Crippen LogP contribution in [0.2, 0.25) is 0 Å². The van der Waals surface area contributed by atoms with Gasteiger partial charge in [0.25, 0.3) is 0 Å². The van der Waals surface area contributed by atoms with Gasteiger partial charge in [-0.15, -0.1) is 0 Å². The molecule has 23 heavy (non-hydrogen) atoms. The van der Waals surface area contributed by atoms with E-state index in [1.54, 1.807) is 12.3 Å². The highest BCUT2D eigenvalue weighted by atomic mass is 16.5. The Kier molecular flexibility index (Phi) is 3.98. The van der Waals surface area contributed by atoms with Crippen LogP contribution < -0.4 is 4.74 Å². The summed E-state index contributed by atoms with van der Waals surface area (Å²) in [5, 5.41) is 18.6. The molecule has 0 saturated heterocycles. The van der Waals surface area contributed by atoms with Crippen molar-refractivity contribution in [3.63, 3.8) is 0 Å². The van der Waals surface area contributed by atoms with Crippen molar-refractivity contribution in [3.05, 3.63) is 60.3 Å². The third kappa shape index (κ3) is 2.87. The summed E-state index contributed by atoms with van der Waals surface area (Å²) in [6.07, 6.45) is 1.96. The molecule has 114 valence electrons. The van der Waals surface area contributed by atoms with Gasteiger partial charge in [0.2, 0.25) is 0 Å². The van der Waals surface area contributed by atoms with Crippen LogP contribution in [0.1, 0.15) is 16.8 Å². The van der Waals surface area contributed by atoms with Crippen LogP contribution in [0.25, 0.3) is 16.6 Å². The van der Waals surface area contributed by atoms with Gasteiger partial charge >= 0.3 is 5.97 Å². The molecule has 0 aliphatic heterocycles. The molecule has 0 atom stereocenters. The fraction of sp³-hybridized carbons (Fsp3) is 0.111. The Morgan fingerprint density at radius 1 is 1.17 bits per heavy atom. The molecular weight excluding hydrogens is 292 g/mol. The van der Waals surface area contributed by atoms with Crippen LogP contribution in [0.15, 0.2) is 54.7 Å².